The van der Waals surface area contributed by atoms with E-state index >= 15 is 0 Å². The van der Waals surface area contributed by atoms with Crippen molar-refractivity contribution in [3.8, 4) is 11.5 Å². The number of rotatable bonds is 33. The highest BCUT2D eigenvalue weighted by Gasteiger charge is 2.28. The summed E-state index contributed by atoms with van der Waals surface area (Å²) in [7, 11) is 0. The monoisotopic (exact) mass is 1180 g/mol. The Bertz CT molecular complexity index is 2870. The molecule has 2 fully saturated rings. The highest BCUT2D eigenvalue weighted by atomic mass is 32.1. The molecule has 16 heteroatoms. The molecule has 0 bridgehead atoms. The first kappa shape index (κ1) is 60.9. The van der Waals surface area contributed by atoms with Gasteiger partial charge in [0.2, 0.25) is 11.8 Å². The van der Waals surface area contributed by atoms with Gasteiger partial charge in [-0.25, -0.2) is 0 Å². The molecule has 450 valence electrons. The normalized spacial score (nSPS) is 15.9. The zero-order chi connectivity index (χ0) is 57.7. The molecule has 0 unspecified atom stereocenters. The van der Waals surface area contributed by atoms with E-state index < -0.39 is 0 Å². The summed E-state index contributed by atoms with van der Waals surface area (Å²) in [5.41, 5.74) is 6.41. The minimum atomic E-state index is -0.262. The molecule has 2 aromatic heterocycles. The minimum Gasteiger partial charge on any atom is -0.494 e. The smallest absolute Gasteiger partial charge is 0.307 e. The molecular weight excluding hydrogens is 1090 g/mol. The molecule has 4 aliphatic heterocycles. The van der Waals surface area contributed by atoms with E-state index in [1.165, 1.54) is 57.2 Å². The maximum absolute atomic E-state index is 13.0. The number of piperazine rings is 2. The van der Waals surface area contributed by atoms with Crippen molar-refractivity contribution in [2.75, 3.05) is 112 Å². The predicted molar refractivity (Wildman–Crippen MR) is 341 cm³/mol. The van der Waals surface area contributed by atoms with Gasteiger partial charge in [0.25, 0.3) is 0 Å². The Hall–Kier alpha value is -6.20. The molecular formula is C68H88N6O8S2. The number of carbonyl (C=O) groups excluding carboxylic acids is 4. The molecule has 0 aliphatic carbocycles. The van der Waals surface area contributed by atoms with E-state index in [-0.39, 0.29) is 37.2 Å². The highest BCUT2D eigenvalue weighted by molar-refractivity contribution is 7.17. The van der Waals surface area contributed by atoms with E-state index in [2.05, 4.69) is 78.9 Å². The number of thiophene rings is 2. The van der Waals surface area contributed by atoms with Crippen LogP contribution in [0.1, 0.15) is 140 Å². The van der Waals surface area contributed by atoms with Crippen LogP contribution in [-0.4, -0.2) is 126 Å². The summed E-state index contributed by atoms with van der Waals surface area (Å²) in [6.07, 6.45) is 19.7. The Morgan fingerprint density at radius 3 is 1.24 bits per heavy atom. The lowest BCUT2D eigenvalue weighted by Crippen LogP contribution is -2.46. The second-order valence-corrected chi connectivity index (χ2v) is 25.1. The van der Waals surface area contributed by atoms with Crippen LogP contribution in [0.4, 0.5) is 22.7 Å². The number of amides is 2. The van der Waals surface area contributed by atoms with Gasteiger partial charge in [-0.15, -0.1) is 22.7 Å². The van der Waals surface area contributed by atoms with Crippen LogP contribution in [-0.2, 0) is 41.5 Å². The molecule has 2 saturated heterocycles. The van der Waals surface area contributed by atoms with Crippen LogP contribution < -0.4 is 29.1 Å². The van der Waals surface area contributed by atoms with Gasteiger partial charge in [-0.05, 0) is 135 Å². The second-order valence-electron chi connectivity index (χ2n) is 23.2. The average Bonchev–Trinajstić information content (AvgIpc) is 3.82. The maximum atomic E-state index is 13.0. The third-order valence-electron chi connectivity index (χ3n) is 17.4. The second kappa shape index (κ2) is 31.8. The summed E-state index contributed by atoms with van der Waals surface area (Å²) in [5.74, 6) is 0.887. The van der Waals surface area contributed by atoms with E-state index in [9.17, 15) is 19.2 Å². The van der Waals surface area contributed by atoms with Crippen LogP contribution in [0.5, 0.6) is 11.5 Å². The van der Waals surface area contributed by atoms with E-state index in [0.717, 1.165) is 176 Å². The molecule has 4 aliphatic rings. The number of hydrogen-bond acceptors (Lipinski definition) is 14. The molecule has 10 rings (SSSR count). The molecule has 0 atom stereocenters. The Morgan fingerprint density at radius 2 is 0.821 bits per heavy atom. The first-order valence-electron chi connectivity index (χ1n) is 31.6. The van der Waals surface area contributed by atoms with Crippen molar-refractivity contribution in [3.63, 3.8) is 0 Å². The molecule has 4 aromatic carbocycles. The minimum absolute atomic E-state index is 0.0324. The van der Waals surface area contributed by atoms with Crippen LogP contribution in [0.3, 0.4) is 0 Å². The van der Waals surface area contributed by atoms with Gasteiger partial charge >= 0.3 is 11.9 Å². The van der Waals surface area contributed by atoms with Crippen LogP contribution in [0.15, 0.2) is 95.7 Å². The predicted octanol–water partition coefficient (Wildman–Crippen LogP) is 13.8. The molecule has 0 spiro atoms. The fourth-order valence-electron chi connectivity index (χ4n) is 12.4. The van der Waals surface area contributed by atoms with Crippen molar-refractivity contribution in [2.45, 2.75) is 141 Å². The molecule has 84 heavy (non-hydrogen) atoms. The number of fused-ring (bicyclic) bond motifs is 4. The summed E-state index contributed by atoms with van der Waals surface area (Å²) in [4.78, 5) is 64.9. The third kappa shape index (κ3) is 17.2. The molecule has 0 radical (unpaired) electrons. The number of esters is 2. The van der Waals surface area contributed by atoms with Crippen LogP contribution in [0.25, 0.3) is 20.2 Å². The Morgan fingerprint density at radius 1 is 0.417 bits per heavy atom. The zero-order valence-electron chi connectivity index (χ0n) is 49.5. The van der Waals surface area contributed by atoms with Crippen molar-refractivity contribution in [1.29, 1.82) is 0 Å². The summed E-state index contributed by atoms with van der Waals surface area (Å²) in [5, 5.41) is 7.09. The van der Waals surface area contributed by atoms with Gasteiger partial charge in [0.1, 0.15) is 11.5 Å². The quantitative estimate of drug-likeness (QED) is 0.0288. The zero-order valence-corrected chi connectivity index (χ0v) is 51.1. The number of anilines is 4. The molecule has 2 amide bonds. The van der Waals surface area contributed by atoms with Gasteiger partial charge in [-0.1, -0.05) is 88.5 Å². The molecule has 6 aromatic rings. The summed E-state index contributed by atoms with van der Waals surface area (Å²) in [6.45, 7) is 11.6. The maximum Gasteiger partial charge on any atom is 0.307 e. The fourth-order valence-corrected chi connectivity index (χ4v) is 14.0. The average molecular weight is 1180 g/mol. The van der Waals surface area contributed by atoms with Crippen molar-refractivity contribution in [1.82, 2.24) is 9.80 Å². The SMILES string of the molecule is O=C(CCCCCCCCCCCCCCC(=O)OCN1C(=O)CCc2ccc(OCCCCN3CCN(c4cccc5sccc45)CC3)cc21)OCN1C(=O)CCc2ccc(OCCCCN3CCN(c4cccc5sccc45)CC3)cc21. The number of carbonyl (C=O) groups is 4. The summed E-state index contributed by atoms with van der Waals surface area (Å²) < 4.78 is 26.4. The number of aryl methyl sites for hydroxylation is 2. The van der Waals surface area contributed by atoms with Crippen molar-refractivity contribution >= 4 is 89.3 Å². The van der Waals surface area contributed by atoms with Gasteiger partial charge in [-0.3, -0.25) is 38.8 Å². The molecule has 0 saturated carbocycles. The summed E-state index contributed by atoms with van der Waals surface area (Å²) in [6, 6.07) is 29.7. The first-order valence-corrected chi connectivity index (χ1v) is 33.4. The Labute approximate surface area is 505 Å². The molecule has 6 heterocycles. The topological polar surface area (TPSA) is 125 Å². The number of nitrogens with zero attached hydrogens (tertiary/aromatic N) is 6. The van der Waals surface area contributed by atoms with Crippen molar-refractivity contribution in [2.24, 2.45) is 0 Å². The Balaban J connectivity index is 0.510. The van der Waals surface area contributed by atoms with E-state index in [1.807, 2.05) is 36.4 Å². The fraction of sp³-hybridized carbons (Fsp3) is 0.529. The van der Waals surface area contributed by atoms with Crippen molar-refractivity contribution in [3.05, 3.63) is 107 Å². The van der Waals surface area contributed by atoms with Gasteiger partial charge in [0.15, 0.2) is 13.5 Å². The Kier molecular flexibility index (Phi) is 23.1. The lowest BCUT2D eigenvalue weighted by atomic mass is 10.0. The van der Waals surface area contributed by atoms with E-state index in [1.54, 1.807) is 32.5 Å². The van der Waals surface area contributed by atoms with E-state index in [0.29, 0.717) is 51.7 Å². The highest BCUT2D eigenvalue weighted by Crippen LogP contribution is 2.36. The lowest BCUT2D eigenvalue weighted by Gasteiger charge is -2.36. The van der Waals surface area contributed by atoms with Crippen LogP contribution in [0.2, 0.25) is 0 Å². The standard InChI is InChI=1S/C68H88N6O8S2/c75-65-31-27-53-25-29-55(79-45-15-13-35-69-37-41-71(42-38-69)59-19-17-21-63-57(59)33-47-83-63)49-61(53)73(65)51-81-67(77)23-11-9-7-5-3-1-2-4-6-8-10-12-24-68(78)82-52-74-62-50-56(30-26-54(62)28-32-66(74)76)80-46-16-14-36-70-39-43-72(44-40-70)60-20-18-22-64-58(60)34-48-84-64/h17-22,25-26,29-30,33-34,47-50H,1-16,23-24,27-28,31-32,35-46,51-52H2. The van der Waals surface area contributed by atoms with Gasteiger partial charge < -0.3 is 28.7 Å². The van der Waals surface area contributed by atoms with Crippen LogP contribution in [0, 0.1) is 0 Å². The van der Waals surface area contributed by atoms with Gasteiger partial charge in [0.05, 0.1) is 24.6 Å². The number of benzene rings is 4. The van der Waals surface area contributed by atoms with Gasteiger partial charge in [-0.2, -0.15) is 0 Å². The molecule has 0 N–H and O–H groups in total. The number of unbranched alkanes of at least 4 members (excludes halogenated alkanes) is 13. The van der Waals surface area contributed by atoms with E-state index in [4.69, 9.17) is 18.9 Å². The van der Waals surface area contributed by atoms with Crippen LogP contribution >= 0.6 is 22.7 Å². The van der Waals surface area contributed by atoms with Crippen molar-refractivity contribution < 1.29 is 38.1 Å². The molecule has 14 nitrogen and oxygen atoms in total. The lowest BCUT2D eigenvalue weighted by molar-refractivity contribution is -0.145. The largest absolute Gasteiger partial charge is 0.494 e. The third-order valence-corrected chi connectivity index (χ3v) is 19.1. The summed E-state index contributed by atoms with van der Waals surface area (Å²) >= 11 is 3.61. The number of ether oxygens (including phenoxy) is 4. The van der Waals surface area contributed by atoms with Gasteiger partial charge in [0, 0.05) is 122 Å². The number of hydrogen-bond donors (Lipinski definition) is 0. The first-order chi connectivity index (χ1) is 41.3.